The van der Waals surface area contributed by atoms with Gasteiger partial charge in [-0.3, -0.25) is 0 Å². The fourth-order valence-corrected chi connectivity index (χ4v) is 3.90. The van der Waals surface area contributed by atoms with Gasteiger partial charge < -0.3 is 10.2 Å². The molecule has 2 nitrogen and oxygen atoms in total. The molecule has 1 saturated heterocycles. The fourth-order valence-electron chi connectivity index (χ4n) is 3.90. The van der Waals surface area contributed by atoms with E-state index in [1.165, 1.54) is 12.1 Å². The number of fused-ring (bicyclic) bond motifs is 1. The normalized spacial score (nSPS) is 21.5. The van der Waals surface area contributed by atoms with Crippen LogP contribution >= 0.6 is 0 Å². The molecule has 4 rings (SSSR count). The van der Waals surface area contributed by atoms with E-state index in [4.69, 9.17) is 0 Å². The van der Waals surface area contributed by atoms with Gasteiger partial charge in [0.15, 0.2) is 0 Å². The van der Waals surface area contributed by atoms with Gasteiger partial charge in [0.2, 0.25) is 0 Å². The van der Waals surface area contributed by atoms with Gasteiger partial charge in [-0.15, -0.1) is 0 Å². The van der Waals surface area contributed by atoms with E-state index >= 15 is 0 Å². The first-order chi connectivity index (χ1) is 11.2. The SMILES string of the molecule is Fc1ccc([C@H]2CN(C3CCNCC3)c3ccc(F)cc32)cc1. The second kappa shape index (κ2) is 5.93. The van der Waals surface area contributed by atoms with Crippen molar-refractivity contribution in [3.05, 3.63) is 65.2 Å². The van der Waals surface area contributed by atoms with Crippen LogP contribution in [-0.2, 0) is 0 Å². The summed E-state index contributed by atoms with van der Waals surface area (Å²) < 4.78 is 27.0. The first-order valence-electron chi connectivity index (χ1n) is 8.24. The predicted molar refractivity (Wildman–Crippen MR) is 87.9 cm³/mol. The number of nitrogens with zero attached hydrogens (tertiary/aromatic N) is 1. The minimum atomic E-state index is -0.235. The summed E-state index contributed by atoms with van der Waals surface area (Å²) in [6.07, 6.45) is 2.21. The summed E-state index contributed by atoms with van der Waals surface area (Å²) >= 11 is 0. The third kappa shape index (κ3) is 2.72. The van der Waals surface area contributed by atoms with E-state index in [9.17, 15) is 8.78 Å². The summed E-state index contributed by atoms with van der Waals surface area (Å²) in [6.45, 7) is 2.90. The van der Waals surface area contributed by atoms with E-state index < -0.39 is 0 Å². The van der Waals surface area contributed by atoms with Crippen LogP contribution in [-0.4, -0.2) is 25.7 Å². The van der Waals surface area contributed by atoms with E-state index in [-0.39, 0.29) is 17.6 Å². The molecule has 2 heterocycles. The molecule has 120 valence electrons. The summed E-state index contributed by atoms with van der Waals surface area (Å²) in [4.78, 5) is 2.42. The van der Waals surface area contributed by atoms with E-state index in [0.717, 1.165) is 49.3 Å². The van der Waals surface area contributed by atoms with Crippen LogP contribution < -0.4 is 10.2 Å². The van der Waals surface area contributed by atoms with Crippen LogP contribution in [0.25, 0.3) is 0 Å². The molecule has 0 amide bonds. The first-order valence-corrected chi connectivity index (χ1v) is 8.24. The fraction of sp³-hybridized carbons (Fsp3) is 0.368. The highest BCUT2D eigenvalue weighted by Gasteiger charge is 2.34. The average molecular weight is 314 g/mol. The molecule has 0 bridgehead atoms. The molecule has 2 aliphatic rings. The Hall–Kier alpha value is -1.94. The van der Waals surface area contributed by atoms with Gasteiger partial charge in [0.25, 0.3) is 0 Å². The second-order valence-electron chi connectivity index (χ2n) is 6.44. The molecule has 0 unspecified atom stereocenters. The minimum absolute atomic E-state index is 0.108. The molecule has 2 aromatic rings. The highest BCUT2D eigenvalue weighted by molar-refractivity contribution is 5.63. The van der Waals surface area contributed by atoms with Crippen LogP contribution in [0.5, 0.6) is 0 Å². The van der Waals surface area contributed by atoms with Gasteiger partial charge in [-0.25, -0.2) is 8.78 Å². The van der Waals surface area contributed by atoms with Crippen molar-refractivity contribution in [2.45, 2.75) is 24.8 Å². The number of hydrogen-bond acceptors (Lipinski definition) is 2. The Kier molecular flexibility index (Phi) is 3.77. The molecule has 23 heavy (non-hydrogen) atoms. The summed E-state index contributed by atoms with van der Waals surface area (Å²) in [7, 11) is 0. The molecule has 0 spiro atoms. The van der Waals surface area contributed by atoms with E-state index in [2.05, 4.69) is 10.2 Å². The Morgan fingerprint density at radius 2 is 1.61 bits per heavy atom. The van der Waals surface area contributed by atoms with Gasteiger partial charge in [-0.1, -0.05) is 12.1 Å². The molecule has 1 fully saturated rings. The van der Waals surface area contributed by atoms with Gasteiger partial charge >= 0.3 is 0 Å². The molecule has 0 saturated carbocycles. The van der Waals surface area contributed by atoms with E-state index in [1.807, 2.05) is 18.2 Å². The van der Waals surface area contributed by atoms with E-state index in [0.29, 0.717) is 6.04 Å². The summed E-state index contributed by atoms with van der Waals surface area (Å²) in [5.74, 6) is -0.333. The third-order valence-electron chi connectivity index (χ3n) is 5.08. The van der Waals surface area contributed by atoms with Gasteiger partial charge in [-0.05, 0) is 67.4 Å². The second-order valence-corrected chi connectivity index (χ2v) is 6.44. The molecule has 4 heteroatoms. The number of piperidine rings is 1. The first kappa shape index (κ1) is 14.6. The Morgan fingerprint density at radius 1 is 0.913 bits per heavy atom. The van der Waals surface area contributed by atoms with Gasteiger partial charge in [0, 0.05) is 24.2 Å². The van der Waals surface area contributed by atoms with Gasteiger partial charge in [0.05, 0.1) is 0 Å². The van der Waals surface area contributed by atoms with Crippen LogP contribution in [0.4, 0.5) is 14.5 Å². The lowest BCUT2D eigenvalue weighted by Gasteiger charge is -2.34. The van der Waals surface area contributed by atoms with Crippen molar-refractivity contribution in [2.75, 3.05) is 24.5 Å². The molecule has 2 aliphatic heterocycles. The molecular weight excluding hydrogens is 294 g/mol. The van der Waals surface area contributed by atoms with Crippen molar-refractivity contribution in [1.29, 1.82) is 0 Å². The highest BCUT2D eigenvalue weighted by atomic mass is 19.1. The van der Waals surface area contributed by atoms with Crippen molar-refractivity contribution in [3.63, 3.8) is 0 Å². The molecule has 1 N–H and O–H groups in total. The standard InChI is InChI=1S/C19H20F2N2/c20-14-3-1-13(2-4-14)18-12-23(16-7-9-22-10-8-16)19-6-5-15(21)11-17(18)19/h1-6,11,16,18,22H,7-10,12H2/t18-/m1/s1. The molecule has 0 aliphatic carbocycles. The smallest absolute Gasteiger partial charge is 0.123 e. The number of anilines is 1. The lowest BCUT2D eigenvalue weighted by atomic mass is 9.93. The Bertz CT molecular complexity index is 693. The minimum Gasteiger partial charge on any atom is -0.367 e. The molecule has 0 aromatic heterocycles. The van der Waals surface area contributed by atoms with Crippen LogP contribution in [0, 0.1) is 11.6 Å². The number of rotatable bonds is 2. The topological polar surface area (TPSA) is 15.3 Å². The van der Waals surface area contributed by atoms with Crippen LogP contribution in [0.2, 0.25) is 0 Å². The Morgan fingerprint density at radius 3 is 2.35 bits per heavy atom. The Labute approximate surface area is 135 Å². The quantitative estimate of drug-likeness (QED) is 0.910. The van der Waals surface area contributed by atoms with Crippen molar-refractivity contribution in [2.24, 2.45) is 0 Å². The lowest BCUT2D eigenvalue weighted by molar-refractivity contribution is 0.433. The molecular formula is C19H20F2N2. The van der Waals surface area contributed by atoms with Crippen LogP contribution in [0.15, 0.2) is 42.5 Å². The number of benzene rings is 2. The highest BCUT2D eigenvalue weighted by Crippen LogP contribution is 2.42. The van der Waals surface area contributed by atoms with Crippen molar-refractivity contribution < 1.29 is 8.78 Å². The monoisotopic (exact) mass is 314 g/mol. The largest absolute Gasteiger partial charge is 0.367 e. The number of nitrogens with one attached hydrogen (secondary N) is 1. The molecule has 1 atom stereocenters. The maximum absolute atomic E-state index is 13.8. The number of hydrogen-bond donors (Lipinski definition) is 1. The molecule has 2 aromatic carbocycles. The Balaban J connectivity index is 1.72. The maximum Gasteiger partial charge on any atom is 0.123 e. The van der Waals surface area contributed by atoms with Crippen LogP contribution in [0.3, 0.4) is 0 Å². The zero-order valence-corrected chi connectivity index (χ0v) is 12.9. The van der Waals surface area contributed by atoms with Crippen LogP contribution in [0.1, 0.15) is 29.9 Å². The third-order valence-corrected chi connectivity index (χ3v) is 5.08. The lowest BCUT2D eigenvalue weighted by Crippen LogP contribution is -2.42. The summed E-state index contributed by atoms with van der Waals surface area (Å²) in [6, 6.07) is 12.2. The van der Waals surface area contributed by atoms with E-state index in [1.54, 1.807) is 12.1 Å². The maximum atomic E-state index is 13.8. The van der Waals surface area contributed by atoms with Crippen molar-refractivity contribution >= 4 is 5.69 Å². The average Bonchev–Trinajstić information content (AvgIpc) is 2.95. The van der Waals surface area contributed by atoms with Crippen molar-refractivity contribution in [3.8, 4) is 0 Å². The summed E-state index contributed by atoms with van der Waals surface area (Å²) in [5.41, 5.74) is 3.21. The predicted octanol–water partition coefficient (Wildman–Crippen LogP) is 3.67. The van der Waals surface area contributed by atoms with Gasteiger partial charge in [-0.2, -0.15) is 0 Å². The summed E-state index contributed by atoms with van der Waals surface area (Å²) in [5, 5.41) is 3.39. The zero-order chi connectivity index (χ0) is 15.8. The zero-order valence-electron chi connectivity index (χ0n) is 12.9. The molecule has 0 radical (unpaired) electrons. The number of halogens is 2. The van der Waals surface area contributed by atoms with Crippen molar-refractivity contribution in [1.82, 2.24) is 5.32 Å². The van der Waals surface area contributed by atoms with Gasteiger partial charge in [0.1, 0.15) is 11.6 Å².